The van der Waals surface area contributed by atoms with Crippen LogP contribution in [-0.2, 0) is 9.36 Å². The Hall–Kier alpha value is -2.97. The first kappa shape index (κ1) is 39.5. The van der Waals surface area contributed by atoms with Crippen LogP contribution in [0.25, 0.3) is 0 Å². The fourth-order valence-electron chi connectivity index (χ4n) is 7.29. The van der Waals surface area contributed by atoms with E-state index in [0.29, 0.717) is 6.07 Å². The third kappa shape index (κ3) is 14.3. The minimum atomic E-state index is -5.72. The van der Waals surface area contributed by atoms with Crippen LogP contribution in [0.4, 0.5) is 17.1 Å². The van der Waals surface area contributed by atoms with Crippen molar-refractivity contribution in [2.45, 2.75) is 153 Å². The molecule has 0 aromatic heterocycles. The van der Waals surface area contributed by atoms with E-state index in [2.05, 4.69) is 15.7 Å². The van der Waals surface area contributed by atoms with Crippen LogP contribution in [0.5, 0.6) is 0 Å². The number of nitrogens with zero attached hydrogens (tertiary/aromatic N) is 3. The first-order chi connectivity index (χ1) is 22.9. The van der Waals surface area contributed by atoms with Gasteiger partial charge in [0.25, 0.3) is 5.69 Å². The van der Waals surface area contributed by atoms with Crippen LogP contribution in [0, 0.1) is 20.2 Å². The average molecular weight is 697 g/mol. The van der Waals surface area contributed by atoms with Gasteiger partial charge in [-0.1, -0.05) is 25.7 Å². The number of nitrogens with two attached hydrogens (primary N) is 2. The molecule has 4 saturated carbocycles. The number of carboxylic acids is 1. The molecule has 4 fully saturated rings. The number of aliphatic carboxylic acids is 1. The second kappa shape index (κ2) is 20.5. The highest BCUT2D eigenvalue weighted by Gasteiger charge is 2.24. The monoisotopic (exact) mass is 696 g/mol. The number of carboxylic acid groups (broad SMARTS) is 1. The summed E-state index contributed by atoms with van der Waals surface area (Å²) in [7, 11) is -5.72. The molecule has 0 spiro atoms. The summed E-state index contributed by atoms with van der Waals surface area (Å²) in [5, 5.41) is 38.0. The van der Waals surface area contributed by atoms with Crippen LogP contribution in [0.15, 0.2) is 23.3 Å². The molecule has 270 valence electrons. The number of benzene rings is 1. The fourth-order valence-corrected chi connectivity index (χ4v) is 7.70. The van der Waals surface area contributed by atoms with Crippen LogP contribution < -0.4 is 25.8 Å². The molecule has 1 aromatic carbocycles. The molecule has 0 amide bonds. The number of nitro groups is 2. The highest BCUT2D eigenvalue weighted by Crippen LogP contribution is 2.31. The Kier molecular flexibility index (Phi) is 16.9. The van der Waals surface area contributed by atoms with E-state index in [0.717, 1.165) is 36.3 Å². The van der Waals surface area contributed by atoms with Crippen molar-refractivity contribution in [1.29, 1.82) is 0 Å². The van der Waals surface area contributed by atoms with Crippen LogP contribution >= 0.6 is 7.60 Å². The summed E-state index contributed by atoms with van der Waals surface area (Å²) >= 11 is 0. The minimum absolute atomic E-state index is 0.539. The zero-order chi connectivity index (χ0) is 34.9. The maximum Gasteiger partial charge on any atom is 0.357 e. The second-order valence-electron chi connectivity index (χ2n) is 13.5. The van der Waals surface area contributed by atoms with Gasteiger partial charge in [0.15, 0.2) is 5.45 Å². The molecule has 4 aliphatic rings. The van der Waals surface area contributed by atoms with Crippen molar-refractivity contribution in [2.24, 2.45) is 5.10 Å². The molecular formula is C32H53N6O9P. The summed E-state index contributed by atoms with van der Waals surface area (Å²) in [5.41, 5.74) is -2.10. The summed E-state index contributed by atoms with van der Waals surface area (Å²) < 4.78 is 10.7. The van der Waals surface area contributed by atoms with Gasteiger partial charge in [-0.3, -0.25) is 25.7 Å². The number of hydrogen-bond acceptors (Lipinski definition) is 10. The van der Waals surface area contributed by atoms with Crippen molar-refractivity contribution in [2.75, 3.05) is 5.43 Å². The molecule has 0 radical (unpaired) electrons. The summed E-state index contributed by atoms with van der Waals surface area (Å²) in [6.45, 7) is 0. The quantitative estimate of drug-likeness (QED) is 0.120. The molecule has 0 atom stereocenters. The highest BCUT2D eigenvalue weighted by molar-refractivity contribution is 7.71. The molecule has 0 unspecified atom stereocenters. The van der Waals surface area contributed by atoms with Gasteiger partial charge in [0.2, 0.25) is 0 Å². The smallest absolute Gasteiger partial charge is 0.357 e. The Morgan fingerprint density at radius 3 is 1.38 bits per heavy atom. The van der Waals surface area contributed by atoms with Crippen LogP contribution in [0.1, 0.15) is 128 Å². The van der Waals surface area contributed by atoms with Crippen LogP contribution in [0.3, 0.4) is 0 Å². The maximum absolute atomic E-state index is 10.8. The number of anilines is 1. The molecule has 0 aliphatic heterocycles. The Labute approximate surface area is 282 Å². The van der Waals surface area contributed by atoms with Crippen LogP contribution in [0.2, 0.25) is 0 Å². The van der Waals surface area contributed by atoms with Crippen LogP contribution in [-0.4, -0.2) is 50.5 Å². The lowest BCUT2D eigenvalue weighted by Gasteiger charge is -2.27. The Morgan fingerprint density at radius 1 is 0.708 bits per heavy atom. The van der Waals surface area contributed by atoms with Gasteiger partial charge in [-0.15, -0.1) is 0 Å². The van der Waals surface area contributed by atoms with E-state index in [4.69, 9.17) is 5.11 Å². The van der Waals surface area contributed by atoms with E-state index < -0.39 is 45.9 Å². The lowest BCUT2D eigenvalue weighted by atomic mass is 9.91. The van der Waals surface area contributed by atoms with Gasteiger partial charge < -0.3 is 30.1 Å². The number of nitrogens with one attached hydrogen (secondary N) is 1. The van der Waals surface area contributed by atoms with Gasteiger partial charge in [0.1, 0.15) is 5.69 Å². The lowest BCUT2D eigenvalue weighted by molar-refractivity contribution is -0.726. The Morgan fingerprint density at radius 2 is 1.08 bits per heavy atom. The van der Waals surface area contributed by atoms with E-state index in [9.17, 15) is 39.4 Å². The standard InChI is InChI=1S/2C12H23N.C8H7N4O9P/c2*1-3-7-11(8-4-1)13-12-9-5-2-6-10-12;13-8(14)7(22(19,20)21)10-9-5-2-1-4(11(15)16)3-6(5)12(17)18/h2*11-13H,1-10H2;1-3,9H,(H,13,14)(H2,19,20,21)/b;;10-7+. The van der Waals surface area contributed by atoms with Gasteiger partial charge in [0.05, 0.1) is 40.1 Å². The molecule has 16 heteroatoms. The summed E-state index contributed by atoms with van der Waals surface area (Å²) in [4.78, 5) is 51.2. The minimum Gasteiger partial charge on any atom is -0.806 e. The molecule has 15 nitrogen and oxygen atoms in total. The topological polar surface area (TPSA) is 244 Å². The number of quaternary nitrogens is 2. The molecule has 0 bridgehead atoms. The van der Waals surface area contributed by atoms with E-state index in [1.165, 1.54) is 128 Å². The van der Waals surface area contributed by atoms with Crippen molar-refractivity contribution in [1.82, 2.24) is 0 Å². The van der Waals surface area contributed by atoms with Crippen molar-refractivity contribution in [3.8, 4) is 0 Å². The highest BCUT2D eigenvalue weighted by atomic mass is 31.2. The second-order valence-corrected chi connectivity index (χ2v) is 15.0. The Balaban J connectivity index is 0.000000206. The van der Waals surface area contributed by atoms with Crippen molar-refractivity contribution >= 4 is 36.1 Å². The molecule has 4 aliphatic carbocycles. The summed E-state index contributed by atoms with van der Waals surface area (Å²) in [6, 6.07) is 6.17. The first-order valence-electron chi connectivity index (χ1n) is 17.7. The van der Waals surface area contributed by atoms with E-state index in [1.54, 1.807) is 5.43 Å². The predicted molar refractivity (Wildman–Crippen MR) is 177 cm³/mol. The number of hydrazone groups is 1. The van der Waals surface area contributed by atoms with Gasteiger partial charge in [-0.2, -0.15) is 5.10 Å². The molecule has 0 heterocycles. The predicted octanol–water partition coefficient (Wildman–Crippen LogP) is 3.66. The number of carbonyl (C=O) groups is 1. The van der Waals surface area contributed by atoms with Crippen molar-refractivity contribution in [3.05, 3.63) is 38.4 Å². The van der Waals surface area contributed by atoms with Crippen molar-refractivity contribution in [3.63, 3.8) is 0 Å². The fraction of sp³-hybridized carbons (Fsp3) is 0.750. The Bertz CT molecular complexity index is 1190. The molecule has 1 aromatic rings. The normalized spacial score (nSPS) is 20.4. The van der Waals surface area contributed by atoms with E-state index in [1.807, 2.05) is 0 Å². The maximum atomic E-state index is 10.8. The van der Waals surface area contributed by atoms with Gasteiger partial charge in [-0.05, 0) is 116 Å². The zero-order valence-corrected chi connectivity index (χ0v) is 28.7. The molecule has 48 heavy (non-hydrogen) atoms. The largest absolute Gasteiger partial charge is 0.806 e. The van der Waals surface area contributed by atoms with E-state index in [-0.39, 0.29) is 0 Å². The SMILES string of the molecule is C1CCC([NH2+]C2CCCCC2)CC1.C1CCC([NH2+]C2CCCCC2)CC1.O=C(O)/C(=N\Nc1ccc([N+](=O)[O-])cc1[N+](=O)[O-])P(=O)([O-])[O-]. The summed E-state index contributed by atoms with van der Waals surface area (Å²) in [6.07, 6.45) is 29.9. The third-order valence-corrected chi connectivity index (χ3v) is 10.6. The molecule has 0 saturated heterocycles. The lowest BCUT2D eigenvalue weighted by Crippen LogP contribution is -2.95. The summed E-state index contributed by atoms with van der Waals surface area (Å²) in [5.74, 6) is -2.16. The number of rotatable bonds is 10. The number of non-ortho nitro benzene ring substituents is 1. The van der Waals surface area contributed by atoms with Gasteiger partial charge in [-0.25, -0.2) is 4.79 Å². The number of nitro benzene ring substituents is 2. The van der Waals surface area contributed by atoms with Crippen molar-refractivity contribution < 1.29 is 44.7 Å². The third-order valence-electron chi connectivity index (χ3n) is 9.81. The molecule has 6 N–H and O–H groups in total. The van der Waals surface area contributed by atoms with E-state index >= 15 is 0 Å². The molecule has 5 rings (SSSR count). The average Bonchev–Trinajstić information content (AvgIpc) is 3.06. The first-order valence-corrected chi connectivity index (χ1v) is 19.2. The molecular weight excluding hydrogens is 643 g/mol. The van der Waals surface area contributed by atoms with Gasteiger partial charge >= 0.3 is 11.7 Å². The zero-order valence-electron chi connectivity index (χ0n) is 27.8. The number of hydrogen-bond donors (Lipinski definition) is 4. The van der Waals surface area contributed by atoms with Gasteiger partial charge in [0, 0.05) is 6.07 Å².